The predicted octanol–water partition coefficient (Wildman–Crippen LogP) is 6.19. The van der Waals surface area contributed by atoms with E-state index in [2.05, 4.69) is 17.2 Å². The summed E-state index contributed by atoms with van der Waals surface area (Å²) in [6, 6.07) is -0.514. The SMILES string of the molecule is C=CNC(CC(C)C)C(=O)N[C@@H](CC(=O)O)c1c(F)c(-c2c(C)ccc(F)c2C)cc(C(F)(F)F)c1F. The standard InChI is InChI=1S/C26H28F6N2O3/c1-6-33-19(9-12(2)3)25(37)34-18(11-20(35)36)22-23(28)15(10-16(24(22)29)26(30,31)32)21-13(4)7-8-17(27)14(21)5/h6-8,10,12,18-19,33H,1,9,11H2,2-5H3,(H,34,37)(H,35,36)/t18-,19?/m0/s1. The maximum atomic E-state index is 15.9. The van der Waals surface area contributed by atoms with Gasteiger partial charge in [0, 0.05) is 11.1 Å². The van der Waals surface area contributed by atoms with Crippen LogP contribution in [0.3, 0.4) is 0 Å². The highest BCUT2D eigenvalue weighted by atomic mass is 19.4. The molecule has 0 fully saturated rings. The van der Waals surface area contributed by atoms with Gasteiger partial charge in [0.1, 0.15) is 23.5 Å². The van der Waals surface area contributed by atoms with Crippen molar-refractivity contribution in [3.05, 3.63) is 70.7 Å². The number of rotatable bonds is 10. The molecule has 0 radical (unpaired) electrons. The number of carboxylic acids is 1. The fraction of sp³-hybridized carbons (Fsp3) is 0.385. The van der Waals surface area contributed by atoms with Crippen LogP contribution in [0.15, 0.2) is 31.0 Å². The van der Waals surface area contributed by atoms with Gasteiger partial charge in [0.05, 0.1) is 18.0 Å². The molecule has 1 unspecified atom stereocenters. The van der Waals surface area contributed by atoms with Gasteiger partial charge in [0.25, 0.3) is 0 Å². The van der Waals surface area contributed by atoms with Gasteiger partial charge < -0.3 is 15.7 Å². The Labute approximate surface area is 210 Å². The fourth-order valence-electron chi connectivity index (χ4n) is 4.12. The van der Waals surface area contributed by atoms with Crippen LogP contribution in [-0.4, -0.2) is 23.0 Å². The van der Waals surface area contributed by atoms with Crippen molar-refractivity contribution in [3.8, 4) is 11.1 Å². The topological polar surface area (TPSA) is 78.4 Å². The first-order chi connectivity index (χ1) is 17.1. The van der Waals surface area contributed by atoms with Gasteiger partial charge in [-0.25, -0.2) is 13.2 Å². The summed E-state index contributed by atoms with van der Waals surface area (Å²) in [5.41, 5.74) is -4.16. The summed E-state index contributed by atoms with van der Waals surface area (Å²) in [6.45, 7) is 9.64. The normalized spacial score (nSPS) is 13.3. The van der Waals surface area contributed by atoms with Crippen LogP contribution in [-0.2, 0) is 15.8 Å². The van der Waals surface area contributed by atoms with Crippen LogP contribution in [0, 0.1) is 37.2 Å². The number of halogens is 6. The molecule has 0 aliphatic rings. The average molecular weight is 531 g/mol. The molecular weight excluding hydrogens is 502 g/mol. The van der Waals surface area contributed by atoms with E-state index in [1.807, 2.05) is 0 Å². The number of hydrogen-bond acceptors (Lipinski definition) is 3. The van der Waals surface area contributed by atoms with Crippen molar-refractivity contribution < 1.29 is 41.0 Å². The van der Waals surface area contributed by atoms with Crippen molar-refractivity contribution in [2.24, 2.45) is 5.92 Å². The maximum Gasteiger partial charge on any atom is 0.419 e. The summed E-state index contributed by atoms with van der Waals surface area (Å²) >= 11 is 0. The van der Waals surface area contributed by atoms with Crippen LogP contribution >= 0.6 is 0 Å². The Morgan fingerprint density at radius 3 is 2.24 bits per heavy atom. The maximum absolute atomic E-state index is 15.9. The van der Waals surface area contributed by atoms with E-state index in [-0.39, 0.29) is 35.1 Å². The van der Waals surface area contributed by atoms with Crippen LogP contribution < -0.4 is 10.6 Å². The summed E-state index contributed by atoms with van der Waals surface area (Å²) in [6.07, 6.45) is -5.03. The molecule has 0 aliphatic heterocycles. The van der Waals surface area contributed by atoms with Crippen LogP contribution in [0.1, 0.15) is 55.0 Å². The second kappa shape index (κ2) is 11.7. The minimum Gasteiger partial charge on any atom is -0.481 e. The predicted molar refractivity (Wildman–Crippen MR) is 126 cm³/mol. The van der Waals surface area contributed by atoms with Crippen molar-refractivity contribution in [2.45, 2.75) is 58.8 Å². The number of aliphatic carboxylic acids is 1. The Bertz CT molecular complexity index is 1190. The number of carbonyl (C=O) groups excluding carboxylic acids is 1. The third-order valence-corrected chi connectivity index (χ3v) is 5.80. The largest absolute Gasteiger partial charge is 0.481 e. The summed E-state index contributed by atoms with van der Waals surface area (Å²) in [7, 11) is 0. The Morgan fingerprint density at radius 2 is 1.73 bits per heavy atom. The molecule has 37 heavy (non-hydrogen) atoms. The van der Waals surface area contributed by atoms with Crippen molar-refractivity contribution in [1.82, 2.24) is 10.6 Å². The molecule has 2 aromatic carbocycles. The minimum atomic E-state index is -5.31. The summed E-state index contributed by atoms with van der Waals surface area (Å²) in [4.78, 5) is 24.5. The van der Waals surface area contributed by atoms with E-state index in [4.69, 9.17) is 0 Å². The van der Waals surface area contributed by atoms with E-state index in [0.29, 0.717) is 0 Å². The molecule has 3 N–H and O–H groups in total. The van der Waals surface area contributed by atoms with Crippen molar-refractivity contribution >= 4 is 11.9 Å². The monoisotopic (exact) mass is 530 g/mol. The number of hydrogen-bond donors (Lipinski definition) is 3. The number of carbonyl (C=O) groups is 2. The molecule has 0 saturated carbocycles. The molecule has 0 heterocycles. The van der Waals surface area contributed by atoms with E-state index in [1.54, 1.807) is 13.8 Å². The van der Waals surface area contributed by atoms with Crippen LogP contribution in [0.5, 0.6) is 0 Å². The third kappa shape index (κ3) is 6.84. The Balaban J connectivity index is 2.84. The van der Waals surface area contributed by atoms with Gasteiger partial charge in [-0.15, -0.1) is 0 Å². The average Bonchev–Trinajstić information content (AvgIpc) is 2.76. The fourth-order valence-corrected chi connectivity index (χ4v) is 4.12. The number of benzene rings is 2. The minimum absolute atomic E-state index is 0.0475. The second-order valence-electron chi connectivity index (χ2n) is 9.09. The lowest BCUT2D eigenvalue weighted by molar-refractivity contribution is -0.140. The molecule has 2 rings (SSSR count). The molecular formula is C26H28F6N2O3. The van der Waals surface area contributed by atoms with Crippen molar-refractivity contribution in [1.29, 1.82) is 0 Å². The molecule has 1 amide bonds. The molecule has 0 saturated heterocycles. The highest BCUT2D eigenvalue weighted by Crippen LogP contribution is 2.42. The second-order valence-corrected chi connectivity index (χ2v) is 9.09. The first-order valence-electron chi connectivity index (χ1n) is 11.3. The van der Waals surface area contributed by atoms with E-state index in [1.165, 1.54) is 26.1 Å². The van der Waals surface area contributed by atoms with Crippen LogP contribution in [0.4, 0.5) is 26.3 Å². The van der Waals surface area contributed by atoms with E-state index in [9.17, 15) is 32.3 Å². The third-order valence-electron chi connectivity index (χ3n) is 5.80. The first kappa shape index (κ1) is 29.7. The van der Waals surface area contributed by atoms with Gasteiger partial charge in [-0.1, -0.05) is 26.5 Å². The highest BCUT2D eigenvalue weighted by molar-refractivity contribution is 5.83. The number of carboxylic acid groups (broad SMARTS) is 1. The number of aryl methyl sites for hydroxylation is 1. The molecule has 0 spiro atoms. The van der Waals surface area contributed by atoms with Crippen molar-refractivity contribution in [2.75, 3.05) is 0 Å². The molecule has 0 bridgehead atoms. The van der Waals surface area contributed by atoms with Crippen LogP contribution in [0.25, 0.3) is 11.1 Å². The zero-order valence-electron chi connectivity index (χ0n) is 20.7. The molecule has 202 valence electrons. The number of amides is 1. The van der Waals surface area contributed by atoms with Crippen molar-refractivity contribution in [3.63, 3.8) is 0 Å². The van der Waals surface area contributed by atoms with E-state index < -0.39 is 70.7 Å². The Kier molecular flexibility index (Phi) is 9.40. The summed E-state index contributed by atoms with van der Waals surface area (Å²) < 4.78 is 87.0. The quantitative estimate of drug-likeness (QED) is 0.321. The van der Waals surface area contributed by atoms with E-state index in [0.717, 1.165) is 6.07 Å². The number of nitrogens with one attached hydrogen (secondary N) is 2. The first-order valence-corrected chi connectivity index (χ1v) is 11.3. The van der Waals surface area contributed by atoms with Gasteiger partial charge in [-0.3, -0.25) is 9.59 Å². The van der Waals surface area contributed by atoms with Crippen LogP contribution in [0.2, 0.25) is 0 Å². The molecule has 2 aromatic rings. The number of alkyl halides is 3. The molecule has 2 atom stereocenters. The zero-order chi connectivity index (χ0) is 28.2. The smallest absolute Gasteiger partial charge is 0.419 e. The molecule has 0 aliphatic carbocycles. The summed E-state index contributed by atoms with van der Waals surface area (Å²) in [5, 5.41) is 14.2. The zero-order valence-corrected chi connectivity index (χ0v) is 20.7. The van der Waals surface area contributed by atoms with Gasteiger partial charge in [0.15, 0.2) is 0 Å². The lowest BCUT2D eigenvalue weighted by atomic mass is 9.89. The summed E-state index contributed by atoms with van der Waals surface area (Å²) in [5.74, 6) is -7.00. The van der Waals surface area contributed by atoms with Gasteiger partial charge in [-0.2, -0.15) is 13.2 Å². The Hall–Kier alpha value is -3.50. The molecule has 0 aromatic heterocycles. The van der Waals surface area contributed by atoms with E-state index >= 15 is 8.78 Å². The molecule has 11 heteroatoms. The van der Waals surface area contributed by atoms with Gasteiger partial charge in [0.2, 0.25) is 5.91 Å². The lowest BCUT2D eigenvalue weighted by Crippen LogP contribution is -2.45. The van der Waals surface area contributed by atoms with Gasteiger partial charge in [-0.05, 0) is 61.2 Å². The Morgan fingerprint density at radius 1 is 1.11 bits per heavy atom. The van der Waals surface area contributed by atoms with Gasteiger partial charge >= 0.3 is 12.1 Å². The molecule has 5 nitrogen and oxygen atoms in total. The highest BCUT2D eigenvalue weighted by Gasteiger charge is 2.40. The lowest BCUT2D eigenvalue weighted by Gasteiger charge is -2.26.